The van der Waals surface area contributed by atoms with Gasteiger partial charge in [0.05, 0.1) is 10.6 Å². The number of hydrogen-bond donors (Lipinski definition) is 1. The van der Waals surface area contributed by atoms with Crippen molar-refractivity contribution in [2.75, 3.05) is 17.4 Å². The molecule has 11 heteroatoms. The average molecular weight is 732 g/mol. The fourth-order valence-electron chi connectivity index (χ4n) is 4.79. The van der Waals surface area contributed by atoms with Crippen LogP contribution in [0.25, 0.3) is 0 Å². The number of rotatable bonds is 14. The number of carbonyl (C=O) groups excluding carboxylic acids is 2. The molecular formula is C34H34BrCl2N3O4S. The number of hydrogen-bond acceptors (Lipinski definition) is 4. The normalized spacial score (nSPS) is 11.9. The lowest BCUT2D eigenvalue weighted by Gasteiger charge is -2.34. The van der Waals surface area contributed by atoms with E-state index >= 15 is 0 Å². The van der Waals surface area contributed by atoms with E-state index in [0.717, 1.165) is 32.7 Å². The summed E-state index contributed by atoms with van der Waals surface area (Å²) in [7, 11) is -4.26. The first kappa shape index (κ1) is 34.5. The van der Waals surface area contributed by atoms with Crippen LogP contribution in [0, 0.1) is 0 Å². The molecule has 1 atom stereocenters. The molecule has 0 aromatic heterocycles. The van der Waals surface area contributed by atoms with Gasteiger partial charge in [0.2, 0.25) is 11.8 Å². The van der Waals surface area contributed by atoms with E-state index < -0.39 is 28.5 Å². The molecule has 1 N–H and O–H groups in total. The van der Waals surface area contributed by atoms with Crippen LogP contribution in [0.1, 0.15) is 30.9 Å². The van der Waals surface area contributed by atoms with Crippen LogP contribution in [-0.2, 0) is 32.6 Å². The topological polar surface area (TPSA) is 86.8 Å². The largest absolute Gasteiger partial charge is 0.354 e. The van der Waals surface area contributed by atoms with Gasteiger partial charge in [0, 0.05) is 34.0 Å². The highest BCUT2D eigenvalue weighted by Crippen LogP contribution is 2.28. The quantitative estimate of drug-likeness (QED) is 0.136. The molecule has 45 heavy (non-hydrogen) atoms. The van der Waals surface area contributed by atoms with Gasteiger partial charge in [-0.15, -0.1) is 0 Å². The minimum atomic E-state index is -4.26. The van der Waals surface area contributed by atoms with Crippen molar-refractivity contribution >= 4 is 66.7 Å². The lowest BCUT2D eigenvalue weighted by molar-refractivity contribution is -0.140. The van der Waals surface area contributed by atoms with Gasteiger partial charge in [-0.25, -0.2) is 8.42 Å². The maximum absolute atomic E-state index is 14.5. The Bertz CT molecular complexity index is 1710. The minimum absolute atomic E-state index is 0.0450. The molecule has 0 fully saturated rings. The SMILES string of the molecule is CCCCNC(=O)[C@@H](Cc1ccccc1)N(Cc1cccc(Br)c1)C(=O)CN(c1cccc(Cl)c1)S(=O)(=O)c1ccc(Cl)cc1. The second-order valence-electron chi connectivity index (χ2n) is 10.4. The number of halogens is 3. The van der Waals surface area contributed by atoms with Crippen LogP contribution in [-0.4, -0.2) is 44.3 Å². The molecule has 0 bridgehead atoms. The molecule has 7 nitrogen and oxygen atoms in total. The van der Waals surface area contributed by atoms with Crippen molar-refractivity contribution in [3.63, 3.8) is 0 Å². The van der Waals surface area contributed by atoms with Gasteiger partial charge in [0.25, 0.3) is 10.0 Å². The molecule has 0 aliphatic rings. The van der Waals surface area contributed by atoms with E-state index in [1.54, 1.807) is 18.2 Å². The van der Waals surface area contributed by atoms with E-state index in [4.69, 9.17) is 23.2 Å². The third-order valence-electron chi connectivity index (χ3n) is 7.12. The van der Waals surface area contributed by atoms with Gasteiger partial charge in [-0.05, 0) is 72.1 Å². The number of unbranched alkanes of at least 4 members (excludes halogenated alkanes) is 1. The van der Waals surface area contributed by atoms with Crippen LogP contribution in [0.2, 0.25) is 10.0 Å². The number of amides is 2. The fraction of sp³-hybridized carbons (Fsp3) is 0.235. The Morgan fingerprint density at radius 1 is 0.844 bits per heavy atom. The van der Waals surface area contributed by atoms with E-state index in [2.05, 4.69) is 21.2 Å². The molecule has 0 spiro atoms. The van der Waals surface area contributed by atoms with E-state index in [-0.39, 0.29) is 29.5 Å². The molecule has 4 aromatic rings. The summed E-state index contributed by atoms with van der Waals surface area (Å²) in [4.78, 5) is 29.7. The summed E-state index contributed by atoms with van der Waals surface area (Å²) >= 11 is 15.8. The van der Waals surface area contributed by atoms with Crippen LogP contribution < -0.4 is 9.62 Å². The Kier molecular flexibility index (Phi) is 12.5. The number of anilines is 1. The molecule has 4 rings (SSSR count). The Labute approximate surface area is 283 Å². The predicted molar refractivity (Wildman–Crippen MR) is 184 cm³/mol. The monoisotopic (exact) mass is 729 g/mol. The summed E-state index contributed by atoms with van der Waals surface area (Å²) < 4.78 is 30.0. The van der Waals surface area contributed by atoms with Crippen molar-refractivity contribution in [1.29, 1.82) is 0 Å². The van der Waals surface area contributed by atoms with Crippen molar-refractivity contribution in [3.8, 4) is 0 Å². The smallest absolute Gasteiger partial charge is 0.264 e. The predicted octanol–water partition coefficient (Wildman–Crippen LogP) is 7.51. The van der Waals surface area contributed by atoms with Crippen LogP contribution >= 0.6 is 39.1 Å². The first-order valence-electron chi connectivity index (χ1n) is 14.5. The summed E-state index contributed by atoms with van der Waals surface area (Å²) in [6, 6.07) is 28.0. The summed E-state index contributed by atoms with van der Waals surface area (Å²) in [6.45, 7) is 1.98. The maximum Gasteiger partial charge on any atom is 0.264 e. The first-order valence-corrected chi connectivity index (χ1v) is 17.5. The highest BCUT2D eigenvalue weighted by atomic mass is 79.9. The molecule has 0 heterocycles. The van der Waals surface area contributed by atoms with E-state index in [1.807, 2.05) is 61.5 Å². The van der Waals surface area contributed by atoms with Gasteiger partial charge in [-0.2, -0.15) is 0 Å². The van der Waals surface area contributed by atoms with Gasteiger partial charge < -0.3 is 10.2 Å². The molecule has 0 unspecified atom stereocenters. The van der Waals surface area contributed by atoms with Gasteiger partial charge in [0.1, 0.15) is 12.6 Å². The zero-order chi connectivity index (χ0) is 32.4. The highest BCUT2D eigenvalue weighted by Gasteiger charge is 2.34. The van der Waals surface area contributed by atoms with E-state index in [9.17, 15) is 18.0 Å². The number of sulfonamides is 1. The van der Waals surface area contributed by atoms with Crippen LogP contribution in [0.5, 0.6) is 0 Å². The van der Waals surface area contributed by atoms with E-state index in [1.165, 1.54) is 35.2 Å². The number of benzene rings is 4. The van der Waals surface area contributed by atoms with Crippen molar-refractivity contribution in [1.82, 2.24) is 10.2 Å². The fourth-order valence-corrected chi connectivity index (χ4v) is 6.95. The second kappa shape index (κ2) is 16.3. The Morgan fingerprint density at radius 2 is 1.53 bits per heavy atom. The van der Waals surface area contributed by atoms with Crippen LogP contribution in [0.15, 0.2) is 112 Å². The van der Waals surface area contributed by atoms with Gasteiger partial charge >= 0.3 is 0 Å². The van der Waals surface area contributed by atoms with Crippen molar-refractivity contribution in [2.24, 2.45) is 0 Å². The molecule has 2 amide bonds. The van der Waals surface area contributed by atoms with Crippen molar-refractivity contribution < 1.29 is 18.0 Å². The van der Waals surface area contributed by atoms with Crippen molar-refractivity contribution in [3.05, 3.63) is 129 Å². The summed E-state index contributed by atoms with van der Waals surface area (Å²) in [6.07, 6.45) is 1.91. The third kappa shape index (κ3) is 9.56. The Balaban J connectivity index is 1.79. The summed E-state index contributed by atoms with van der Waals surface area (Å²) in [5, 5.41) is 3.66. The lowest BCUT2D eigenvalue weighted by Crippen LogP contribution is -2.53. The maximum atomic E-state index is 14.5. The van der Waals surface area contributed by atoms with Gasteiger partial charge in [-0.3, -0.25) is 13.9 Å². The molecule has 0 radical (unpaired) electrons. The van der Waals surface area contributed by atoms with Crippen LogP contribution in [0.4, 0.5) is 5.69 Å². The average Bonchev–Trinajstić information content (AvgIpc) is 3.02. The molecule has 0 saturated heterocycles. The van der Waals surface area contributed by atoms with E-state index in [0.29, 0.717) is 16.6 Å². The minimum Gasteiger partial charge on any atom is -0.354 e. The molecule has 0 saturated carbocycles. The zero-order valence-corrected chi connectivity index (χ0v) is 28.6. The van der Waals surface area contributed by atoms with Crippen LogP contribution in [0.3, 0.4) is 0 Å². The molecule has 236 valence electrons. The molecule has 4 aromatic carbocycles. The summed E-state index contributed by atoms with van der Waals surface area (Å²) in [5.74, 6) is -0.871. The second-order valence-corrected chi connectivity index (χ2v) is 14.1. The number of nitrogens with one attached hydrogen (secondary N) is 1. The first-order chi connectivity index (χ1) is 21.6. The highest BCUT2D eigenvalue weighted by molar-refractivity contribution is 9.10. The molecule has 0 aliphatic carbocycles. The lowest BCUT2D eigenvalue weighted by atomic mass is 10.0. The molecule has 0 aliphatic heterocycles. The summed E-state index contributed by atoms with van der Waals surface area (Å²) in [5.41, 5.74) is 1.84. The van der Waals surface area contributed by atoms with Gasteiger partial charge in [-0.1, -0.05) is 101 Å². The number of carbonyl (C=O) groups is 2. The van der Waals surface area contributed by atoms with Gasteiger partial charge in [0.15, 0.2) is 0 Å². The Morgan fingerprint density at radius 3 is 2.20 bits per heavy atom. The molecular weight excluding hydrogens is 697 g/mol. The standard InChI is InChI=1S/C34H34BrCl2N3O4S/c1-2-3-19-38-34(42)32(21-25-9-5-4-6-10-25)39(23-26-11-7-12-27(35)20-26)33(41)24-40(30-14-8-13-29(37)22-30)45(43,44)31-17-15-28(36)16-18-31/h4-18,20,22,32H,2-3,19,21,23-24H2,1H3,(H,38,42)/t32-/m1/s1. The number of nitrogens with zero attached hydrogens (tertiary/aromatic N) is 2. The van der Waals surface area contributed by atoms with Crippen molar-refractivity contribution in [2.45, 2.75) is 43.7 Å². The third-order valence-corrected chi connectivity index (χ3v) is 9.89. The Hall–Kier alpha value is -3.37. The zero-order valence-electron chi connectivity index (χ0n) is 24.7.